The Labute approximate surface area is 87.2 Å². The Morgan fingerprint density at radius 3 is 2.21 bits per heavy atom. The molecule has 3 nitrogen and oxygen atoms in total. The second-order valence-electron chi connectivity index (χ2n) is 3.80. The fourth-order valence-electron chi connectivity index (χ4n) is 1.10. The molecule has 0 saturated heterocycles. The van der Waals surface area contributed by atoms with Crippen molar-refractivity contribution in [1.29, 1.82) is 0 Å². The van der Waals surface area contributed by atoms with E-state index in [-0.39, 0.29) is 5.91 Å². The maximum atomic E-state index is 11.4. The molecule has 0 atom stereocenters. The third-order valence-electron chi connectivity index (χ3n) is 2.18. The van der Waals surface area contributed by atoms with E-state index < -0.39 is 5.60 Å². The van der Waals surface area contributed by atoms with E-state index in [9.17, 15) is 4.79 Å². The van der Waals surface area contributed by atoms with E-state index in [2.05, 4.69) is 19.2 Å². The van der Waals surface area contributed by atoms with Crippen LogP contribution in [0.4, 0.5) is 0 Å². The smallest absolute Gasteiger partial charge is 0.252 e. The molecule has 1 fully saturated rings. The first-order valence-corrected chi connectivity index (χ1v) is 5.44. The first-order valence-electron chi connectivity index (χ1n) is 5.44. The summed E-state index contributed by atoms with van der Waals surface area (Å²) in [6.45, 7) is 8.89. The maximum Gasteiger partial charge on any atom is 0.252 e. The number of hydrogen-bond acceptors (Lipinski definition) is 2. The van der Waals surface area contributed by atoms with Crippen LogP contribution in [0.25, 0.3) is 0 Å². The number of hydrogen-bond donors (Lipinski definition) is 1. The van der Waals surface area contributed by atoms with Crippen LogP contribution in [-0.2, 0) is 9.53 Å². The molecule has 1 amide bonds. The van der Waals surface area contributed by atoms with Crippen LogP contribution in [-0.4, -0.2) is 25.2 Å². The highest BCUT2D eigenvalue weighted by atomic mass is 16.5. The van der Waals surface area contributed by atoms with E-state index in [4.69, 9.17) is 4.74 Å². The van der Waals surface area contributed by atoms with Gasteiger partial charge in [0, 0.05) is 13.7 Å². The van der Waals surface area contributed by atoms with Gasteiger partial charge in [-0.05, 0) is 18.8 Å². The molecule has 1 aliphatic rings. The molecule has 1 rings (SSSR count). The summed E-state index contributed by atoms with van der Waals surface area (Å²) in [4.78, 5) is 11.4. The summed E-state index contributed by atoms with van der Waals surface area (Å²) in [7, 11) is 1.60. The predicted molar refractivity (Wildman–Crippen MR) is 58.2 cm³/mol. The first kappa shape index (κ1) is 13.4. The molecule has 0 bridgehead atoms. The fraction of sp³-hybridized carbons (Fsp3) is 0.909. The zero-order valence-corrected chi connectivity index (χ0v) is 10.0. The van der Waals surface area contributed by atoms with E-state index in [1.54, 1.807) is 7.11 Å². The Morgan fingerprint density at radius 2 is 1.93 bits per heavy atom. The summed E-state index contributed by atoms with van der Waals surface area (Å²) in [6.07, 6.45) is 1.74. The van der Waals surface area contributed by atoms with Crippen LogP contribution in [0.3, 0.4) is 0 Å². The molecule has 0 aromatic heterocycles. The third-order valence-corrected chi connectivity index (χ3v) is 2.18. The number of rotatable bonds is 4. The van der Waals surface area contributed by atoms with Crippen LogP contribution < -0.4 is 5.32 Å². The van der Waals surface area contributed by atoms with Gasteiger partial charge in [-0.2, -0.15) is 0 Å². The van der Waals surface area contributed by atoms with Gasteiger partial charge >= 0.3 is 0 Å². The van der Waals surface area contributed by atoms with E-state index in [0.717, 1.165) is 19.4 Å². The molecule has 0 heterocycles. The van der Waals surface area contributed by atoms with Crippen LogP contribution in [0.5, 0.6) is 0 Å². The van der Waals surface area contributed by atoms with Crippen LogP contribution in [0.1, 0.15) is 40.5 Å². The number of carbonyl (C=O) groups excluding carboxylic acids is 1. The molecule has 1 saturated carbocycles. The fourth-order valence-corrected chi connectivity index (χ4v) is 1.10. The van der Waals surface area contributed by atoms with Gasteiger partial charge < -0.3 is 10.1 Å². The molecule has 0 aliphatic heterocycles. The van der Waals surface area contributed by atoms with Crippen molar-refractivity contribution in [1.82, 2.24) is 5.32 Å². The van der Waals surface area contributed by atoms with Crippen molar-refractivity contribution < 1.29 is 9.53 Å². The average molecular weight is 201 g/mol. The minimum Gasteiger partial charge on any atom is -0.368 e. The molecule has 14 heavy (non-hydrogen) atoms. The quantitative estimate of drug-likeness (QED) is 0.755. The number of amides is 1. The van der Waals surface area contributed by atoms with Gasteiger partial charge in [0.2, 0.25) is 0 Å². The minimum absolute atomic E-state index is 0.0544. The van der Waals surface area contributed by atoms with Gasteiger partial charge in [0.05, 0.1) is 0 Å². The lowest BCUT2D eigenvalue weighted by Gasteiger charge is -2.14. The van der Waals surface area contributed by atoms with Gasteiger partial charge in [0.15, 0.2) is 0 Å². The Morgan fingerprint density at radius 1 is 1.43 bits per heavy atom. The second kappa shape index (κ2) is 6.02. The highest BCUT2D eigenvalue weighted by Crippen LogP contribution is 2.38. The van der Waals surface area contributed by atoms with Gasteiger partial charge in [0.1, 0.15) is 5.60 Å². The van der Waals surface area contributed by atoms with Crippen LogP contribution in [0, 0.1) is 5.92 Å². The topological polar surface area (TPSA) is 38.3 Å². The van der Waals surface area contributed by atoms with E-state index >= 15 is 0 Å². The summed E-state index contributed by atoms with van der Waals surface area (Å²) in [6, 6.07) is 0. The molecule has 0 aromatic rings. The van der Waals surface area contributed by atoms with Crippen molar-refractivity contribution in [3.05, 3.63) is 0 Å². The molecule has 0 radical (unpaired) electrons. The third kappa shape index (κ3) is 3.66. The molecule has 0 unspecified atom stereocenters. The molecule has 0 spiro atoms. The second-order valence-corrected chi connectivity index (χ2v) is 3.80. The van der Waals surface area contributed by atoms with Crippen molar-refractivity contribution in [2.75, 3.05) is 13.7 Å². The Hall–Kier alpha value is -0.570. The molecule has 0 aromatic carbocycles. The zero-order valence-electron chi connectivity index (χ0n) is 10.0. The van der Waals surface area contributed by atoms with Gasteiger partial charge in [0.25, 0.3) is 5.91 Å². The largest absolute Gasteiger partial charge is 0.368 e. The average Bonchev–Trinajstić information content (AvgIpc) is 2.98. The SMILES string of the molecule is CC.COC1(C(=O)NCC(C)C)CC1. The van der Waals surface area contributed by atoms with Crippen molar-refractivity contribution in [3.63, 3.8) is 0 Å². The van der Waals surface area contributed by atoms with E-state index in [1.165, 1.54) is 0 Å². The molecule has 84 valence electrons. The number of carbonyl (C=O) groups is 1. The Balaban J connectivity index is 0.000000791. The predicted octanol–water partition coefficient (Wildman–Crippen LogP) is 1.96. The maximum absolute atomic E-state index is 11.4. The van der Waals surface area contributed by atoms with Crippen LogP contribution in [0.15, 0.2) is 0 Å². The standard InChI is InChI=1S/C9H17NO2.C2H6/c1-7(2)6-10-8(11)9(12-3)4-5-9;1-2/h7H,4-6H2,1-3H3,(H,10,11);1-2H3. The monoisotopic (exact) mass is 201 g/mol. The summed E-state index contributed by atoms with van der Waals surface area (Å²) in [5.41, 5.74) is -0.463. The molecule has 1 aliphatic carbocycles. The van der Waals surface area contributed by atoms with Crippen LogP contribution in [0.2, 0.25) is 0 Å². The van der Waals surface area contributed by atoms with Gasteiger partial charge in [-0.25, -0.2) is 0 Å². The number of methoxy groups -OCH3 is 1. The molecular formula is C11H23NO2. The lowest BCUT2D eigenvalue weighted by molar-refractivity contribution is -0.133. The molecule has 1 N–H and O–H groups in total. The summed E-state index contributed by atoms with van der Waals surface area (Å²) >= 11 is 0. The van der Waals surface area contributed by atoms with Gasteiger partial charge in [-0.15, -0.1) is 0 Å². The summed E-state index contributed by atoms with van der Waals surface area (Å²) in [5.74, 6) is 0.556. The van der Waals surface area contributed by atoms with Crippen molar-refractivity contribution in [2.24, 2.45) is 5.92 Å². The Bertz CT molecular complexity index is 174. The first-order chi connectivity index (χ1) is 6.60. The lowest BCUT2D eigenvalue weighted by atomic mass is 10.2. The van der Waals surface area contributed by atoms with Crippen molar-refractivity contribution in [2.45, 2.75) is 46.1 Å². The number of nitrogens with one attached hydrogen (secondary N) is 1. The summed E-state index contributed by atoms with van der Waals surface area (Å²) < 4.78 is 5.13. The van der Waals surface area contributed by atoms with E-state index in [0.29, 0.717) is 5.92 Å². The molecule has 3 heteroatoms. The minimum atomic E-state index is -0.463. The van der Waals surface area contributed by atoms with Crippen molar-refractivity contribution in [3.8, 4) is 0 Å². The normalized spacial score (nSPS) is 17.0. The van der Waals surface area contributed by atoms with Gasteiger partial charge in [-0.1, -0.05) is 27.7 Å². The summed E-state index contributed by atoms with van der Waals surface area (Å²) in [5, 5.41) is 2.87. The van der Waals surface area contributed by atoms with Gasteiger partial charge in [-0.3, -0.25) is 4.79 Å². The van der Waals surface area contributed by atoms with E-state index in [1.807, 2.05) is 13.8 Å². The van der Waals surface area contributed by atoms with Crippen LogP contribution >= 0.6 is 0 Å². The van der Waals surface area contributed by atoms with Crippen molar-refractivity contribution >= 4 is 5.91 Å². The zero-order chi connectivity index (χ0) is 11.2. The Kier molecular flexibility index (Phi) is 5.77. The molecular weight excluding hydrogens is 178 g/mol. The number of ether oxygens (including phenoxy) is 1. The highest BCUT2D eigenvalue weighted by molar-refractivity contribution is 5.88. The lowest BCUT2D eigenvalue weighted by Crippen LogP contribution is -2.39. The highest BCUT2D eigenvalue weighted by Gasteiger charge is 2.50.